The highest BCUT2D eigenvalue weighted by Crippen LogP contribution is 2.34. The number of nitrogens with two attached hydrogens (primary N) is 1. The third-order valence-corrected chi connectivity index (χ3v) is 2.98. The second-order valence-electron chi connectivity index (χ2n) is 4.00. The molecule has 2 nitrogen and oxygen atoms in total. The molecule has 0 aromatic heterocycles. The van der Waals surface area contributed by atoms with Crippen LogP contribution in [0.2, 0.25) is 5.02 Å². The summed E-state index contributed by atoms with van der Waals surface area (Å²) < 4.78 is 12.8. The van der Waals surface area contributed by atoms with Crippen molar-refractivity contribution in [2.45, 2.75) is 24.8 Å². The van der Waals surface area contributed by atoms with E-state index in [-0.39, 0.29) is 17.2 Å². The molecule has 2 N–H and O–H groups in total. The van der Waals surface area contributed by atoms with Crippen molar-refractivity contribution in [1.82, 2.24) is 0 Å². The number of Topliss-reactive ketones (excluding diaryl/α,β-unsaturated/α-hetero) is 1. The summed E-state index contributed by atoms with van der Waals surface area (Å²) in [5, 5.41) is 0.0437. The fraction of sp³-hybridized carbons (Fsp3) is 0.364. The van der Waals surface area contributed by atoms with Crippen molar-refractivity contribution in [3.8, 4) is 0 Å². The Morgan fingerprint density at radius 1 is 1.53 bits per heavy atom. The maximum atomic E-state index is 12.8. The summed E-state index contributed by atoms with van der Waals surface area (Å²) in [6.45, 7) is 0. The maximum absolute atomic E-state index is 12.8. The molecule has 0 bridgehead atoms. The molecule has 1 aromatic rings. The highest BCUT2D eigenvalue weighted by Gasteiger charge is 2.44. The minimum absolute atomic E-state index is 0.00479. The third-order valence-electron chi connectivity index (χ3n) is 2.69. The van der Waals surface area contributed by atoms with Crippen LogP contribution < -0.4 is 5.73 Å². The van der Waals surface area contributed by atoms with Crippen LogP contribution in [0.3, 0.4) is 0 Å². The summed E-state index contributed by atoms with van der Waals surface area (Å²) in [6.07, 6.45) is 1.73. The van der Waals surface area contributed by atoms with Crippen molar-refractivity contribution >= 4 is 17.4 Å². The molecule has 0 radical (unpaired) electrons. The molecule has 15 heavy (non-hydrogen) atoms. The smallest absolute Gasteiger partial charge is 0.156 e. The van der Waals surface area contributed by atoms with Gasteiger partial charge in [-0.2, -0.15) is 0 Å². The van der Waals surface area contributed by atoms with E-state index in [0.29, 0.717) is 5.56 Å². The Kier molecular flexibility index (Phi) is 2.52. The van der Waals surface area contributed by atoms with Crippen LogP contribution in [0.4, 0.5) is 4.39 Å². The van der Waals surface area contributed by atoms with E-state index in [9.17, 15) is 9.18 Å². The molecule has 80 valence electrons. The average Bonchev–Trinajstić information content (AvgIpc) is 2.92. The zero-order valence-corrected chi connectivity index (χ0v) is 8.85. The summed E-state index contributed by atoms with van der Waals surface area (Å²) in [5.74, 6) is -0.466. The predicted octanol–water partition coefficient (Wildman–Crippen LogP) is 2.08. The lowest BCUT2D eigenvalue weighted by atomic mass is 10.0. The van der Waals surface area contributed by atoms with Crippen LogP contribution in [0, 0.1) is 5.82 Å². The molecule has 1 aliphatic carbocycles. The first-order chi connectivity index (χ1) is 7.01. The zero-order chi connectivity index (χ0) is 11.1. The van der Waals surface area contributed by atoms with E-state index in [1.54, 1.807) is 6.07 Å². The lowest BCUT2D eigenvalue weighted by Gasteiger charge is -2.07. The van der Waals surface area contributed by atoms with Gasteiger partial charge in [-0.15, -0.1) is 0 Å². The molecule has 0 saturated heterocycles. The van der Waals surface area contributed by atoms with Gasteiger partial charge in [0.2, 0.25) is 0 Å². The predicted molar refractivity (Wildman–Crippen MR) is 56.3 cm³/mol. The Morgan fingerprint density at radius 2 is 2.20 bits per heavy atom. The first kappa shape index (κ1) is 10.6. The quantitative estimate of drug-likeness (QED) is 0.859. The van der Waals surface area contributed by atoms with Crippen LogP contribution in [0.15, 0.2) is 18.2 Å². The van der Waals surface area contributed by atoms with Crippen molar-refractivity contribution in [2.75, 3.05) is 0 Å². The van der Waals surface area contributed by atoms with E-state index >= 15 is 0 Å². The second kappa shape index (κ2) is 3.58. The van der Waals surface area contributed by atoms with Crippen molar-refractivity contribution in [2.24, 2.45) is 5.73 Å². The summed E-state index contributed by atoms with van der Waals surface area (Å²) in [6, 6.07) is 4.30. The van der Waals surface area contributed by atoms with Gasteiger partial charge in [0.05, 0.1) is 10.6 Å². The largest absolute Gasteiger partial charge is 0.319 e. The van der Waals surface area contributed by atoms with Crippen LogP contribution >= 0.6 is 11.6 Å². The highest BCUT2D eigenvalue weighted by atomic mass is 35.5. The molecule has 0 atom stereocenters. The van der Waals surface area contributed by atoms with Gasteiger partial charge in [0, 0.05) is 6.42 Å². The van der Waals surface area contributed by atoms with Crippen LogP contribution in [0.25, 0.3) is 0 Å². The fourth-order valence-electron chi connectivity index (χ4n) is 1.42. The molecule has 1 fully saturated rings. The lowest BCUT2D eigenvalue weighted by Crippen LogP contribution is -2.34. The second-order valence-corrected chi connectivity index (χ2v) is 4.41. The van der Waals surface area contributed by atoms with Gasteiger partial charge in [-0.25, -0.2) is 4.39 Å². The van der Waals surface area contributed by atoms with Crippen LogP contribution in [-0.2, 0) is 11.2 Å². The van der Waals surface area contributed by atoms with Crippen molar-refractivity contribution < 1.29 is 9.18 Å². The summed E-state index contributed by atoms with van der Waals surface area (Å²) in [5.41, 5.74) is 5.84. The van der Waals surface area contributed by atoms with Crippen molar-refractivity contribution in [3.63, 3.8) is 0 Å². The molecule has 4 heteroatoms. The molecule has 1 aromatic carbocycles. The minimum Gasteiger partial charge on any atom is -0.319 e. The number of carbonyl (C=O) groups is 1. The van der Waals surface area contributed by atoms with E-state index in [0.717, 1.165) is 12.8 Å². The van der Waals surface area contributed by atoms with E-state index in [1.807, 2.05) is 0 Å². The first-order valence-electron chi connectivity index (χ1n) is 4.77. The average molecular weight is 228 g/mol. The maximum Gasteiger partial charge on any atom is 0.156 e. The molecule has 0 unspecified atom stereocenters. The van der Waals surface area contributed by atoms with E-state index in [2.05, 4.69) is 0 Å². The topological polar surface area (TPSA) is 43.1 Å². The summed E-state index contributed by atoms with van der Waals surface area (Å²) in [7, 11) is 0. The Bertz CT molecular complexity index is 415. The number of benzene rings is 1. The van der Waals surface area contributed by atoms with Crippen LogP contribution in [0.5, 0.6) is 0 Å². The number of halogens is 2. The van der Waals surface area contributed by atoms with Gasteiger partial charge in [-0.3, -0.25) is 4.79 Å². The zero-order valence-electron chi connectivity index (χ0n) is 8.09. The molecular weight excluding hydrogens is 217 g/mol. The van der Waals surface area contributed by atoms with Gasteiger partial charge in [0.25, 0.3) is 0 Å². The SMILES string of the molecule is NC1(C(=O)Cc2ccc(F)c(Cl)c2)CC1. The van der Waals surface area contributed by atoms with Crippen LogP contribution in [0.1, 0.15) is 18.4 Å². The van der Waals surface area contributed by atoms with Gasteiger partial charge in [0.1, 0.15) is 5.82 Å². The van der Waals surface area contributed by atoms with Gasteiger partial charge in [-0.1, -0.05) is 17.7 Å². The summed E-state index contributed by atoms with van der Waals surface area (Å²) in [4.78, 5) is 11.6. The van der Waals surface area contributed by atoms with Crippen molar-refractivity contribution in [3.05, 3.63) is 34.6 Å². The molecule has 0 heterocycles. The fourth-order valence-corrected chi connectivity index (χ4v) is 1.63. The van der Waals surface area contributed by atoms with E-state index in [1.165, 1.54) is 12.1 Å². The first-order valence-corrected chi connectivity index (χ1v) is 5.15. The highest BCUT2D eigenvalue weighted by molar-refractivity contribution is 6.30. The Hall–Kier alpha value is -0.930. The molecule has 1 aliphatic rings. The lowest BCUT2D eigenvalue weighted by molar-refractivity contribution is -0.120. The molecule has 0 aliphatic heterocycles. The van der Waals surface area contributed by atoms with E-state index in [4.69, 9.17) is 17.3 Å². The van der Waals surface area contributed by atoms with Crippen molar-refractivity contribution in [1.29, 1.82) is 0 Å². The van der Waals surface area contributed by atoms with Gasteiger partial charge in [0.15, 0.2) is 5.78 Å². The van der Waals surface area contributed by atoms with Gasteiger partial charge < -0.3 is 5.73 Å². The Balaban J connectivity index is 2.11. The molecule has 1 saturated carbocycles. The minimum atomic E-state index is -0.624. The number of hydrogen-bond donors (Lipinski definition) is 1. The standard InChI is InChI=1S/C11H11ClFNO/c12-8-5-7(1-2-9(8)13)6-10(15)11(14)3-4-11/h1-2,5H,3-4,6,14H2. The number of ketones is 1. The number of carbonyl (C=O) groups excluding carboxylic acids is 1. The normalized spacial score (nSPS) is 17.5. The molecule has 0 spiro atoms. The Labute approximate surface area is 92.2 Å². The number of hydrogen-bond acceptors (Lipinski definition) is 2. The van der Waals surface area contributed by atoms with Crippen LogP contribution in [-0.4, -0.2) is 11.3 Å². The monoisotopic (exact) mass is 227 g/mol. The number of rotatable bonds is 3. The molecule has 2 rings (SSSR count). The van der Waals surface area contributed by atoms with E-state index < -0.39 is 11.4 Å². The summed E-state index contributed by atoms with van der Waals surface area (Å²) >= 11 is 5.61. The van der Waals surface area contributed by atoms with Gasteiger partial charge in [-0.05, 0) is 30.5 Å². The third kappa shape index (κ3) is 2.19. The molecular formula is C11H11ClFNO. The molecule has 0 amide bonds. The van der Waals surface area contributed by atoms with Gasteiger partial charge >= 0.3 is 0 Å². The Morgan fingerprint density at radius 3 is 2.73 bits per heavy atom.